The van der Waals surface area contributed by atoms with Crippen molar-refractivity contribution in [1.82, 2.24) is 0 Å². The number of hydrogen-bond donors (Lipinski definition) is 0. The third-order valence-corrected chi connectivity index (χ3v) is 11.1. The lowest BCUT2D eigenvalue weighted by Gasteiger charge is -2.26. The summed E-state index contributed by atoms with van der Waals surface area (Å²) >= 11 is 0. The van der Waals surface area contributed by atoms with Gasteiger partial charge >= 0.3 is 0 Å². The van der Waals surface area contributed by atoms with E-state index in [0.29, 0.717) is 0 Å². The van der Waals surface area contributed by atoms with Gasteiger partial charge in [0.25, 0.3) is 0 Å². The molecule has 2 aromatic heterocycles. The van der Waals surface area contributed by atoms with E-state index in [9.17, 15) is 0 Å². The highest BCUT2D eigenvalue weighted by atomic mass is 16.3. The topological polar surface area (TPSA) is 29.5 Å². The van der Waals surface area contributed by atoms with E-state index < -0.39 is 0 Å². The highest BCUT2D eigenvalue weighted by Crippen LogP contribution is 2.43. The summed E-state index contributed by atoms with van der Waals surface area (Å²) in [5.41, 5.74) is 15.9. The number of anilines is 3. The Bertz CT molecular complexity index is 3110. The lowest BCUT2D eigenvalue weighted by atomic mass is 9.95. The van der Waals surface area contributed by atoms with E-state index in [1.807, 2.05) is 24.3 Å². The summed E-state index contributed by atoms with van der Waals surface area (Å²) in [6.45, 7) is 0. The first-order valence-electron chi connectivity index (χ1n) is 19.3. The first-order valence-corrected chi connectivity index (χ1v) is 19.3. The average Bonchev–Trinajstić information content (AvgIpc) is 3.86. The molecular formula is C54H35NO2. The predicted molar refractivity (Wildman–Crippen MR) is 237 cm³/mol. The van der Waals surface area contributed by atoms with Crippen LogP contribution >= 0.6 is 0 Å². The summed E-state index contributed by atoms with van der Waals surface area (Å²) in [5.74, 6) is 0. The molecule has 268 valence electrons. The second-order valence-electron chi connectivity index (χ2n) is 14.5. The zero-order chi connectivity index (χ0) is 37.7. The predicted octanol–water partition coefficient (Wildman–Crippen LogP) is 15.6. The maximum absolute atomic E-state index is 6.60. The Morgan fingerprint density at radius 1 is 0.263 bits per heavy atom. The van der Waals surface area contributed by atoms with Gasteiger partial charge < -0.3 is 13.7 Å². The minimum Gasteiger partial charge on any atom is -0.456 e. The van der Waals surface area contributed by atoms with Crippen molar-refractivity contribution < 1.29 is 8.83 Å². The van der Waals surface area contributed by atoms with E-state index >= 15 is 0 Å². The molecule has 0 spiro atoms. The third kappa shape index (κ3) is 5.85. The molecule has 3 nitrogen and oxygen atoms in total. The first kappa shape index (κ1) is 32.8. The van der Waals surface area contributed by atoms with Gasteiger partial charge in [-0.15, -0.1) is 0 Å². The summed E-state index contributed by atoms with van der Waals surface area (Å²) in [4.78, 5) is 2.33. The standard InChI is InChI=1S/C54H35NO2/c1-3-11-36(12-4-1)38-19-26-43(27-20-38)55(44-28-21-39(22-29-44)37-13-5-2-6-14-37)45-30-23-40(24-31-45)42-34-48(54-50(35-42)47-16-8-10-18-52(47)57-54)41-25-32-53-49(33-41)46-15-7-9-17-51(46)56-53/h1-35H. The summed E-state index contributed by atoms with van der Waals surface area (Å²) in [7, 11) is 0. The molecule has 9 aromatic carbocycles. The summed E-state index contributed by atoms with van der Waals surface area (Å²) in [6.07, 6.45) is 0. The quantitative estimate of drug-likeness (QED) is 0.164. The van der Waals surface area contributed by atoms with Crippen molar-refractivity contribution in [1.29, 1.82) is 0 Å². The molecule has 0 aliphatic heterocycles. The van der Waals surface area contributed by atoms with Gasteiger partial charge in [0.2, 0.25) is 0 Å². The first-order chi connectivity index (χ1) is 28.2. The van der Waals surface area contributed by atoms with Crippen LogP contribution in [0.4, 0.5) is 17.1 Å². The molecule has 0 amide bonds. The van der Waals surface area contributed by atoms with E-state index in [0.717, 1.165) is 83.2 Å². The molecule has 0 unspecified atom stereocenters. The smallest absolute Gasteiger partial charge is 0.143 e. The van der Waals surface area contributed by atoms with Crippen LogP contribution in [0.1, 0.15) is 0 Å². The molecule has 0 aliphatic rings. The fourth-order valence-corrected chi connectivity index (χ4v) is 8.22. The van der Waals surface area contributed by atoms with Crippen molar-refractivity contribution in [3.8, 4) is 44.5 Å². The fourth-order valence-electron chi connectivity index (χ4n) is 8.22. The molecule has 0 fully saturated rings. The highest BCUT2D eigenvalue weighted by molar-refractivity contribution is 6.13. The Labute approximate surface area is 330 Å². The Morgan fingerprint density at radius 3 is 1.23 bits per heavy atom. The molecule has 0 radical (unpaired) electrons. The van der Waals surface area contributed by atoms with Crippen LogP contribution in [-0.4, -0.2) is 0 Å². The van der Waals surface area contributed by atoms with Crippen LogP contribution in [0.3, 0.4) is 0 Å². The summed E-state index contributed by atoms with van der Waals surface area (Å²) < 4.78 is 12.8. The van der Waals surface area contributed by atoms with Crippen LogP contribution in [0, 0.1) is 0 Å². The monoisotopic (exact) mass is 729 g/mol. The molecule has 0 N–H and O–H groups in total. The van der Waals surface area contributed by atoms with Crippen LogP contribution < -0.4 is 4.90 Å². The number of furan rings is 2. The van der Waals surface area contributed by atoms with Gasteiger partial charge in [-0.2, -0.15) is 0 Å². The molecule has 11 aromatic rings. The molecule has 57 heavy (non-hydrogen) atoms. The molecule has 0 saturated heterocycles. The minimum absolute atomic E-state index is 0.876. The van der Waals surface area contributed by atoms with Gasteiger partial charge in [0, 0.05) is 44.2 Å². The maximum Gasteiger partial charge on any atom is 0.143 e. The van der Waals surface area contributed by atoms with Crippen molar-refractivity contribution in [3.63, 3.8) is 0 Å². The number of fused-ring (bicyclic) bond motifs is 6. The van der Waals surface area contributed by atoms with Gasteiger partial charge in [-0.05, 0) is 112 Å². The number of benzene rings is 9. The third-order valence-electron chi connectivity index (χ3n) is 11.1. The average molecular weight is 730 g/mol. The van der Waals surface area contributed by atoms with Gasteiger partial charge in [-0.1, -0.05) is 140 Å². The molecule has 0 atom stereocenters. The van der Waals surface area contributed by atoms with E-state index in [-0.39, 0.29) is 0 Å². The van der Waals surface area contributed by atoms with E-state index in [1.165, 1.54) is 22.3 Å². The van der Waals surface area contributed by atoms with Crippen LogP contribution in [0.15, 0.2) is 221 Å². The van der Waals surface area contributed by atoms with Crippen molar-refractivity contribution in [2.24, 2.45) is 0 Å². The van der Waals surface area contributed by atoms with Crippen molar-refractivity contribution in [2.75, 3.05) is 4.90 Å². The molecule has 11 rings (SSSR count). The van der Waals surface area contributed by atoms with Crippen LogP contribution in [-0.2, 0) is 0 Å². The molecule has 2 heterocycles. The highest BCUT2D eigenvalue weighted by Gasteiger charge is 2.18. The van der Waals surface area contributed by atoms with Crippen molar-refractivity contribution in [2.45, 2.75) is 0 Å². The second-order valence-corrected chi connectivity index (χ2v) is 14.5. The van der Waals surface area contributed by atoms with Gasteiger partial charge in [0.1, 0.15) is 22.3 Å². The van der Waals surface area contributed by atoms with E-state index in [2.05, 4.69) is 193 Å². The number of hydrogen-bond acceptors (Lipinski definition) is 3. The Balaban J connectivity index is 1.02. The van der Waals surface area contributed by atoms with Crippen molar-refractivity contribution in [3.05, 3.63) is 212 Å². The van der Waals surface area contributed by atoms with Crippen LogP contribution in [0.5, 0.6) is 0 Å². The molecule has 0 aliphatic carbocycles. The number of nitrogens with zero attached hydrogens (tertiary/aromatic N) is 1. The molecule has 0 saturated carbocycles. The van der Waals surface area contributed by atoms with Crippen LogP contribution in [0.25, 0.3) is 88.4 Å². The second kappa shape index (κ2) is 13.6. The van der Waals surface area contributed by atoms with E-state index in [1.54, 1.807) is 0 Å². The van der Waals surface area contributed by atoms with Gasteiger partial charge in [-0.3, -0.25) is 0 Å². The van der Waals surface area contributed by atoms with Gasteiger partial charge in [-0.25, -0.2) is 0 Å². The zero-order valence-electron chi connectivity index (χ0n) is 31.0. The minimum atomic E-state index is 0.876. The molecule has 0 bridgehead atoms. The maximum atomic E-state index is 6.60. The Hall–Kier alpha value is -7.62. The SMILES string of the molecule is c1ccc(-c2ccc(N(c3ccc(-c4ccccc4)cc3)c3ccc(-c4cc(-c5ccc6oc7ccccc7c6c5)c5oc6ccccc6c5c4)cc3)cc2)cc1. The normalized spacial score (nSPS) is 11.5. The van der Waals surface area contributed by atoms with Crippen molar-refractivity contribution >= 4 is 60.9 Å². The lowest BCUT2D eigenvalue weighted by molar-refractivity contribution is 0.668. The Kier molecular flexibility index (Phi) is 7.82. The number of rotatable bonds is 7. The lowest BCUT2D eigenvalue weighted by Crippen LogP contribution is -2.09. The van der Waals surface area contributed by atoms with E-state index in [4.69, 9.17) is 8.83 Å². The fraction of sp³-hybridized carbons (Fsp3) is 0. The van der Waals surface area contributed by atoms with Gasteiger partial charge in [0.15, 0.2) is 0 Å². The molecular weight excluding hydrogens is 695 g/mol. The summed E-state index contributed by atoms with van der Waals surface area (Å²) in [6, 6.07) is 75.2. The summed E-state index contributed by atoms with van der Waals surface area (Å²) in [5, 5.41) is 4.40. The molecule has 3 heteroatoms. The largest absolute Gasteiger partial charge is 0.456 e. The van der Waals surface area contributed by atoms with Gasteiger partial charge in [0.05, 0.1) is 0 Å². The van der Waals surface area contributed by atoms with Crippen LogP contribution in [0.2, 0.25) is 0 Å². The zero-order valence-corrected chi connectivity index (χ0v) is 31.0. The number of para-hydroxylation sites is 2. The Morgan fingerprint density at radius 2 is 0.667 bits per heavy atom.